The average molecular weight is 254 g/mol. The van der Waals surface area contributed by atoms with Crippen molar-refractivity contribution in [3.8, 4) is 0 Å². The van der Waals surface area contributed by atoms with E-state index >= 15 is 0 Å². The number of aliphatic hydroxyl groups excluding tert-OH is 3. The van der Waals surface area contributed by atoms with E-state index in [4.69, 9.17) is 21.1 Å². The number of rotatable bonds is 8. The van der Waals surface area contributed by atoms with Crippen LogP contribution in [-0.2, 0) is 6.42 Å². The lowest BCUT2D eigenvalue weighted by Gasteiger charge is -2.23. The second-order valence-electron chi connectivity index (χ2n) is 4.25. The highest BCUT2D eigenvalue weighted by Crippen LogP contribution is 2.15. The Kier molecular flexibility index (Phi) is 6.67. The van der Waals surface area contributed by atoms with E-state index in [9.17, 15) is 0 Å². The van der Waals surface area contributed by atoms with Gasteiger partial charge >= 0.3 is 0 Å². The van der Waals surface area contributed by atoms with Crippen molar-refractivity contribution in [2.24, 2.45) is 5.73 Å². The normalized spacial score (nSPS) is 12.4. The molecule has 5 heteroatoms. The van der Waals surface area contributed by atoms with E-state index in [-0.39, 0.29) is 25.9 Å². The van der Waals surface area contributed by atoms with Crippen LogP contribution in [0, 0.1) is 0 Å². The SMILES string of the molecule is NC(CO)Cc1ccc(N(CCO)CCO)cc1. The molecule has 0 bridgehead atoms. The summed E-state index contributed by atoms with van der Waals surface area (Å²) in [6.07, 6.45) is 0.636. The third-order valence-electron chi connectivity index (χ3n) is 2.77. The third-order valence-corrected chi connectivity index (χ3v) is 2.77. The Bertz CT molecular complexity index is 324. The molecular formula is C13H22N2O3. The van der Waals surface area contributed by atoms with Gasteiger partial charge in [-0.05, 0) is 24.1 Å². The number of nitrogens with zero attached hydrogens (tertiary/aromatic N) is 1. The van der Waals surface area contributed by atoms with Gasteiger partial charge in [0.1, 0.15) is 0 Å². The summed E-state index contributed by atoms with van der Waals surface area (Å²) in [6.45, 7) is 1.07. The lowest BCUT2D eigenvalue weighted by molar-refractivity contribution is 0.265. The Morgan fingerprint density at radius 2 is 1.56 bits per heavy atom. The predicted molar refractivity (Wildman–Crippen MR) is 71.6 cm³/mol. The van der Waals surface area contributed by atoms with E-state index in [1.54, 1.807) is 0 Å². The maximum Gasteiger partial charge on any atom is 0.0606 e. The highest BCUT2D eigenvalue weighted by Gasteiger charge is 2.06. The number of nitrogens with two attached hydrogens (primary N) is 1. The largest absolute Gasteiger partial charge is 0.395 e. The van der Waals surface area contributed by atoms with Crippen molar-refractivity contribution >= 4 is 5.69 Å². The molecule has 5 nitrogen and oxygen atoms in total. The van der Waals surface area contributed by atoms with Crippen LogP contribution in [0.5, 0.6) is 0 Å². The summed E-state index contributed by atoms with van der Waals surface area (Å²) in [7, 11) is 0. The van der Waals surface area contributed by atoms with Gasteiger partial charge in [-0.1, -0.05) is 12.1 Å². The quantitative estimate of drug-likeness (QED) is 0.494. The lowest BCUT2D eigenvalue weighted by atomic mass is 10.1. The molecule has 1 aromatic carbocycles. The molecule has 0 saturated heterocycles. The van der Waals surface area contributed by atoms with Gasteiger partial charge in [0.25, 0.3) is 0 Å². The van der Waals surface area contributed by atoms with Crippen LogP contribution in [-0.4, -0.2) is 54.3 Å². The van der Waals surface area contributed by atoms with Gasteiger partial charge in [0.05, 0.1) is 19.8 Å². The van der Waals surface area contributed by atoms with Crippen LogP contribution in [0.2, 0.25) is 0 Å². The Morgan fingerprint density at radius 3 is 2.00 bits per heavy atom. The van der Waals surface area contributed by atoms with Gasteiger partial charge in [-0.25, -0.2) is 0 Å². The first-order valence-corrected chi connectivity index (χ1v) is 6.13. The minimum atomic E-state index is -0.234. The zero-order valence-corrected chi connectivity index (χ0v) is 10.5. The van der Waals surface area contributed by atoms with Crippen molar-refractivity contribution in [2.45, 2.75) is 12.5 Å². The van der Waals surface area contributed by atoms with Crippen LogP contribution >= 0.6 is 0 Å². The van der Waals surface area contributed by atoms with Crippen molar-refractivity contribution in [3.63, 3.8) is 0 Å². The summed E-state index contributed by atoms with van der Waals surface area (Å²) < 4.78 is 0. The summed E-state index contributed by atoms with van der Waals surface area (Å²) >= 11 is 0. The maximum atomic E-state index is 8.96. The summed E-state index contributed by atoms with van der Waals surface area (Å²) in [5, 5.41) is 26.8. The summed E-state index contributed by atoms with van der Waals surface area (Å²) in [4.78, 5) is 1.91. The molecule has 0 aliphatic rings. The van der Waals surface area contributed by atoms with Crippen molar-refractivity contribution in [2.75, 3.05) is 37.8 Å². The number of hydrogen-bond acceptors (Lipinski definition) is 5. The molecule has 0 radical (unpaired) electrons. The van der Waals surface area contributed by atoms with Crippen LogP contribution in [0.25, 0.3) is 0 Å². The zero-order chi connectivity index (χ0) is 13.4. The van der Waals surface area contributed by atoms with Crippen LogP contribution in [0.1, 0.15) is 5.56 Å². The first-order chi connectivity index (χ1) is 8.71. The molecule has 1 atom stereocenters. The van der Waals surface area contributed by atoms with Gasteiger partial charge in [-0.2, -0.15) is 0 Å². The predicted octanol–water partition coefficient (Wildman–Crippen LogP) is -0.660. The van der Waals surface area contributed by atoms with E-state index in [0.29, 0.717) is 19.5 Å². The maximum absolute atomic E-state index is 8.96. The Labute approximate surface area is 107 Å². The molecule has 1 unspecified atom stereocenters. The van der Waals surface area contributed by atoms with Gasteiger partial charge in [0.2, 0.25) is 0 Å². The van der Waals surface area contributed by atoms with Crippen molar-refractivity contribution in [1.29, 1.82) is 0 Å². The summed E-state index contributed by atoms with van der Waals surface area (Å²) in [6, 6.07) is 7.54. The molecule has 0 saturated carbocycles. The Balaban J connectivity index is 2.67. The van der Waals surface area contributed by atoms with E-state index in [2.05, 4.69) is 0 Å². The van der Waals surface area contributed by atoms with Crippen molar-refractivity contribution in [1.82, 2.24) is 0 Å². The van der Waals surface area contributed by atoms with Crippen LogP contribution < -0.4 is 10.6 Å². The number of benzene rings is 1. The van der Waals surface area contributed by atoms with Crippen LogP contribution in [0.15, 0.2) is 24.3 Å². The second kappa shape index (κ2) is 8.05. The standard InChI is InChI=1S/C13H22N2O3/c14-12(10-18)9-11-1-3-13(4-2-11)15(5-7-16)6-8-17/h1-4,12,16-18H,5-10,14H2. The lowest BCUT2D eigenvalue weighted by Crippen LogP contribution is -2.29. The third kappa shape index (κ3) is 4.62. The van der Waals surface area contributed by atoms with Gasteiger partial charge in [-0.3, -0.25) is 0 Å². The fourth-order valence-electron chi connectivity index (χ4n) is 1.82. The second-order valence-corrected chi connectivity index (χ2v) is 4.25. The molecule has 0 spiro atoms. The molecule has 0 aliphatic heterocycles. The Hall–Kier alpha value is -1.14. The number of aliphatic hydroxyl groups is 3. The minimum absolute atomic E-state index is 0.0249. The van der Waals surface area contributed by atoms with E-state index in [0.717, 1.165) is 11.3 Å². The molecule has 0 fully saturated rings. The molecule has 0 amide bonds. The van der Waals surface area contributed by atoms with Gasteiger partial charge in [-0.15, -0.1) is 0 Å². The van der Waals surface area contributed by atoms with E-state index in [1.165, 1.54) is 0 Å². The molecule has 0 aliphatic carbocycles. The molecule has 18 heavy (non-hydrogen) atoms. The van der Waals surface area contributed by atoms with Crippen molar-refractivity contribution < 1.29 is 15.3 Å². The zero-order valence-electron chi connectivity index (χ0n) is 10.5. The fourth-order valence-corrected chi connectivity index (χ4v) is 1.82. The summed E-state index contributed by atoms with van der Waals surface area (Å²) in [5.41, 5.74) is 7.69. The van der Waals surface area contributed by atoms with E-state index < -0.39 is 0 Å². The first kappa shape index (κ1) is 14.9. The Morgan fingerprint density at radius 1 is 1.00 bits per heavy atom. The van der Waals surface area contributed by atoms with Gasteiger partial charge in [0, 0.05) is 24.8 Å². The monoisotopic (exact) mass is 254 g/mol. The molecule has 5 N–H and O–H groups in total. The molecule has 1 aromatic rings. The topological polar surface area (TPSA) is 90.0 Å². The number of hydrogen-bond donors (Lipinski definition) is 4. The molecule has 0 heterocycles. The number of anilines is 1. The fraction of sp³-hybridized carbons (Fsp3) is 0.538. The molecule has 0 aromatic heterocycles. The first-order valence-electron chi connectivity index (χ1n) is 6.13. The van der Waals surface area contributed by atoms with Crippen LogP contribution in [0.3, 0.4) is 0 Å². The molecule has 102 valence electrons. The average Bonchev–Trinajstić information content (AvgIpc) is 2.39. The smallest absolute Gasteiger partial charge is 0.0606 e. The molecular weight excluding hydrogens is 232 g/mol. The van der Waals surface area contributed by atoms with Gasteiger partial charge in [0.15, 0.2) is 0 Å². The van der Waals surface area contributed by atoms with Crippen molar-refractivity contribution in [3.05, 3.63) is 29.8 Å². The minimum Gasteiger partial charge on any atom is -0.395 e. The van der Waals surface area contributed by atoms with Gasteiger partial charge < -0.3 is 26.0 Å². The summed E-state index contributed by atoms with van der Waals surface area (Å²) in [5.74, 6) is 0. The highest BCUT2D eigenvalue weighted by molar-refractivity contribution is 5.47. The molecule has 1 rings (SSSR count). The highest BCUT2D eigenvalue weighted by atomic mass is 16.3. The van der Waals surface area contributed by atoms with Crippen LogP contribution in [0.4, 0.5) is 5.69 Å². The van der Waals surface area contributed by atoms with E-state index in [1.807, 2.05) is 29.2 Å².